The molecule has 0 bridgehead atoms. The van der Waals surface area contributed by atoms with Gasteiger partial charge in [0.05, 0.1) is 7.11 Å². The molecule has 1 N–H and O–H groups in total. The molecule has 1 atom stereocenters. The number of esters is 1. The second kappa shape index (κ2) is 6.55. The lowest BCUT2D eigenvalue weighted by atomic mass is 9.83. The number of benzene rings is 1. The number of rotatable bonds is 4. The Morgan fingerprint density at radius 2 is 1.89 bits per heavy atom. The van der Waals surface area contributed by atoms with Crippen molar-refractivity contribution >= 4 is 11.7 Å². The lowest BCUT2D eigenvalue weighted by molar-refractivity contribution is -0.143. The quantitative estimate of drug-likeness (QED) is 0.848. The van der Waals surface area contributed by atoms with Gasteiger partial charge in [-0.05, 0) is 43.0 Å². The monoisotopic (exact) mass is 265 g/mol. The third kappa shape index (κ3) is 3.69. The molecule has 4 heteroatoms. The van der Waals surface area contributed by atoms with E-state index in [0.29, 0.717) is 5.92 Å². The Kier molecular flexibility index (Phi) is 4.77. The highest BCUT2D eigenvalue weighted by Crippen LogP contribution is 2.28. The zero-order chi connectivity index (χ0) is 13.7. The molecule has 0 aliphatic heterocycles. The van der Waals surface area contributed by atoms with Crippen LogP contribution in [0.5, 0.6) is 0 Å². The maximum atomic E-state index is 12.9. The number of halogens is 1. The highest BCUT2D eigenvalue weighted by molar-refractivity contribution is 5.79. The summed E-state index contributed by atoms with van der Waals surface area (Å²) < 4.78 is 17.8. The Morgan fingerprint density at radius 1 is 1.26 bits per heavy atom. The molecule has 0 saturated heterocycles. The molecule has 1 aliphatic carbocycles. The van der Waals surface area contributed by atoms with Crippen molar-refractivity contribution in [1.29, 1.82) is 0 Å². The van der Waals surface area contributed by atoms with Crippen LogP contribution < -0.4 is 5.32 Å². The Labute approximate surface area is 113 Å². The molecule has 1 aliphatic rings. The lowest BCUT2D eigenvalue weighted by Crippen LogP contribution is -2.38. The zero-order valence-corrected chi connectivity index (χ0v) is 11.2. The molecule has 1 saturated carbocycles. The van der Waals surface area contributed by atoms with E-state index in [1.54, 1.807) is 12.1 Å². The van der Waals surface area contributed by atoms with Crippen LogP contribution in [-0.2, 0) is 9.53 Å². The van der Waals surface area contributed by atoms with Crippen molar-refractivity contribution in [1.82, 2.24) is 0 Å². The normalized spacial score (nSPS) is 17.8. The first-order valence-corrected chi connectivity index (χ1v) is 6.80. The molecule has 0 radical (unpaired) electrons. The van der Waals surface area contributed by atoms with Gasteiger partial charge >= 0.3 is 5.97 Å². The Morgan fingerprint density at radius 3 is 2.47 bits per heavy atom. The van der Waals surface area contributed by atoms with Crippen LogP contribution in [-0.4, -0.2) is 19.1 Å². The van der Waals surface area contributed by atoms with Gasteiger partial charge in [-0.15, -0.1) is 0 Å². The van der Waals surface area contributed by atoms with Crippen LogP contribution in [0, 0.1) is 11.7 Å². The van der Waals surface area contributed by atoms with Gasteiger partial charge in [0.25, 0.3) is 0 Å². The van der Waals surface area contributed by atoms with Crippen molar-refractivity contribution in [2.45, 2.75) is 38.1 Å². The van der Waals surface area contributed by atoms with Crippen LogP contribution in [0.1, 0.15) is 32.1 Å². The van der Waals surface area contributed by atoms with E-state index in [-0.39, 0.29) is 17.8 Å². The van der Waals surface area contributed by atoms with Crippen molar-refractivity contribution in [3.05, 3.63) is 30.1 Å². The minimum atomic E-state index is -0.337. The van der Waals surface area contributed by atoms with E-state index in [1.165, 1.54) is 25.7 Å². The summed E-state index contributed by atoms with van der Waals surface area (Å²) in [5.41, 5.74) is 0.752. The number of methoxy groups -OCH3 is 1. The van der Waals surface area contributed by atoms with Gasteiger partial charge in [-0.3, -0.25) is 0 Å². The van der Waals surface area contributed by atoms with Crippen LogP contribution >= 0.6 is 0 Å². The van der Waals surface area contributed by atoms with E-state index in [1.807, 2.05) is 0 Å². The third-order valence-corrected chi connectivity index (χ3v) is 3.74. The summed E-state index contributed by atoms with van der Waals surface area (Å²) in [6, 6.07) is 5.73. The van der Waals surface area contributed by atoms with E-state index in [9.17, 15) is 9.18 Å². The van der Waals surface area contributed by atoms with Crippen molar-refractivity contribution in [3.8, 4) is 0 Å². The highest BCUT2D eigenvalue weighted by atomic mass is 19.1. The summed E-state index contributed by atoms with van der Waals surface area (Å²) >= 11 is 0. The molecule has 0 aromatic heterocycles. The fraction of sp³-hybridized carbons (Fsp3) is 0.533. The molecular formula is C15H20FNO2. The zero-order valence-electron chi connectivity index (χ0n) is 11.2. The summed E-state index contributed by atoms with van der Waals surface area (Å²) in [7, 11) is 1.41. The molecule has 2 rings (SSSR count). The van der Waals surface area contributed by atoms with Crippen LogP contribution in [0.2, 0.25) is 0 Å². The molecule has 1 aromatic rings. The molecule has 1 unspecified atom stereocenters. The summed E-state index contributed by atoms with van der Waals surface area (Å²) in [5, 5.41) is 3.19. The maximum Gasteiger partial charge on any atom is 0.328 e. The Hall–Kier alpha value is -1.58. The van der Waals surface area contributed by atoms with Crippen LogP contribution in [0.4, 0.5) is 10.1 Å². The lowest BCUT2D eigenvalue weighted by Gasteiger charge is -2.29. The number of nitrogens with one attached hydrogen (secondary N) is 1. The minimum absolute atomic E-state index is 0.240. The fourth-order valence-electron chi connectivity index (χ4n) is 2.69. The SMILES string of the molecule is COC(=O)C(Nc1ccc(F)cc1)C1CCCCC1. The van der Waals surface area contributed by atoms with Crippen molar-refractivity contribution in [3.63, 3.8) is 0 Å². The van der Waals surface area contributed by atoms with Gasteiger partial charge in [0.2, 0.25) is 0 Å². The average Bonchev–Trinajstić information content (AvgIpc) is 2.47. The number of carbonyl (C=O) groups is 1. The summed E-state index contributed by atoms with van der Waals surface area (Å²) in [5.74, 6) is -0.222. The first-order valence-electron chi connectivity index (χ1n) is 6.80. The third-order valence-electron chi connectivity index (χ3n) is 3.74. The number of ether oxygens (including phenoxy) is 1. The van der Waals surface area contributed by atoms with Crippen LogP contribution in [0.15, 0.2) is 24.3 Å². The van der Waals surface area contributed by atoms with Crippen molar-refractivity contribution < 1.29 is 13.9 Å². The molecule has 104 valence electrons. The molecule has 0 amide bonds. The second-order valence-electron chi connectivity index (χ2n) is 5.05. The van der Waals surface area contributed by atoms with Crippen LogP contribution in [0.3, 0.4) is 0 Å². The number of hydrogen-bond donors (Lipinski definition) is 1. The maximum absolute atomic E-state index is 12.9. The Balaban J connectivity index is 2.08. The van der Waals surface area contributed by atoms with Crippen molar-refractivity contribution in [2.75, 3.05) is 12.4 Å². The predicted octanol–water partition coefficient (Wildman–Crippen LogP) is 3.36. The molecule has 3 nitrogen and oxygen atoms in total. The topological polar surface area (TPSA) is 38.3 Å². The Bertz CT molecular complexity index is 413. The van der Waals surface area contributed by atoms with Crippen molar-refractivity contribution in [2.24, 2.45) is 5.92 Å². The van der Waals surface area contributed by atoms with E-state index >= 15 is 0 Å². The van der Waals surface area contributed by atoms with Gasteiger partial charge in [-0.1, -0.05) is 19.3 Å². The number of carbonyl (C=O) groups excluding carboxylic acids is 1. The minimum Gasteiger partial charge on any atom is -0.467 e. The predicted molar refractivity (Wildman–Crippen MR) is 72.4 cm³/mol. The summed E-state index contributed by atoms with van der Waals surface area (Å²) in [4.78, 5) is 11.9. The van der Waals surface area contributed by atoms with Gasteiger partial charge in [0, 0.05) is 5.69 Å². The molecule has 1 aromatic carbocycles. The number of hydrogen-bond acceptors (Lipinski definition) is 3. The largest absolute Gasteiger partial charge is 0.467 e. The van der Waals surface area contributed by atoms with Gasteiger partial charge < -0.3 is 10.1 Å². The summed E-state index contributed by atoms with van der Waals surface area (Å²) in [6.07, 6.45) is 5.62. The molecule has 0 heterocycles. The van der Waals surface area contributed by atoms with Gasteiger partial charge in [-0.2, -0.15) is 0 Å². The van der Waals surface area contributed by atoms with E-state index in [2.05, 4.69) is 5.32 Å². The smallest absolute Gasteiger partial charge is 0.328 e. The van der Waals surface area contributed by atoms with Gasteiger partial charge in [0.1, 0.15) is 11.9 Å². The molecule has 19 heavy (non-hydrogen) atoms. The average molecular weight is 265 g/mol. The van der Waals surface area contributed by atoms with E-state index < -0.39 is 0 Å². The molecule has 0 spiro atoms. The first-order chi connectivity index (χ1) is 9.20. The molecule has 1 fully saturated rings. The van der Waals surface area contributed by atoms with E-state index in [4.69, 9.17) is 4.74 Å². The highest BCUT2D eigenvalue weighted by Gasteiger charge is 2.30. The van der Waals surface area contributed by atoms with Crippen LogP contribution in [0.25, 0.3) is 0 Å². The van der Waals surface area contributed by atoms with Gasteiger partial charge in [-0.25, -0.2) is 9.18 Å². The second-order valence-corrected chi connectivity index (χ2v) is 5.05. The molecular weight excluding hydrogens is 245 g/mol. The van der Waals surface area contributed by atoms with E-state index in [0.717, 1.165) is 31.4 Å². The fourth-order valence-corrected chi connectivity index (χ4v) is 2.69. The standard InChI is InChI=1S/C15H20FNO2/c1-19-15(18)14(11-5-3-2-4-6-11)17-13-9-7-12(16)8-10-13/h7-11,14,17H,2-6H2,1H3. The number of anilines is 1. The summed E-state index contributed by atoms with van der Waals surface area (Å²) in [6.45, 7) is 0. The van der Waals surface area contributed by atoms with Gasteiger partial charge in [0.15, 0.2) is 0 Å². The first kappa shape index (κ1) is 13.8.